The molecular formula is C36H58O4. The van der Waals surface area contributed by atoms with E-state index in [4.69, 9.17) is 0 Å². The van der Waals surface area contributed by atoms with Crippen molar-refractivity contribution in [3.05, 3.63) is 34.9 Å². The van der Waals surface area contributed by atoms with Gasteiger partial charge in [0, 0.05) is 12.3 Å². The van der Waals surface area contributed by atoms with Crippen molar-refractivity contribution >= 4 is 11.9 Å². The lowest BCUT2D eigenvalue weighted by molar-refractivity contribution is -0.148. The molecule has 40 heavy (non-hydrogen) atoms. The fraction of sp³-hybridized carbons (Fsp3) is 0.778. The third kappa shape index (κ3) is 9.91. The van der Waals surface area contributed by atoms with Crippen molar-refractivity contribution < 1.29 is 19.8 Å². The van der Waals surface area contributed by atoms with Crippen LogP contribution in [-0.2, 0) is 9.59 Å². The van der Waals surface area contributed by atoms with Crippen molar-refractivity contribution in [1.29, 1.82) is 0 Å². The molecule has 0 heterocycles. The highest BCUT2D eigenvalue weighted by Gasteiger charge is 2.51. The number of rotatable bonds is 8. The summed E-state index contributed by atoms with van der Waals surface area (Å²) in [6.07, 6.45) is 33.9. The highest BCUT2D eigenvalue weighted by molar-refractivity contribution is 5.84. The van der Waals surface area contributed by atoms with E-state index in [0.29, 0.717) is 6.42 Å². The van der Waals surface area contributed by atoms with Crippen LogP contribution in [0.3, 0.4) is 0 Å². The Morgan fingerprint density at radius 3 is 1.43 bits per heavy atom. The number of carbonyl (C=O) groups is 2. The normalized spacial score (nSPS) is 26.4. The highest BCUT2D eigenvalue weighted by Crippen LogP contribution is 2.53. The lowest BCUT2D eigenvalue weighted by Crippen LogP contribution is -2.44. The Morgan fingerprint density at radius 1 is 0.575 bits per heavy atom. The first kappa shape index (κ1) is 32.7. The summed E-state index contributed by atoms with van der Waals surface area (Å²) in [4.78, 5) is 26.1. The molecule has 0 aromatic heterocycles. The molecular weight excluding hydrogens is 496 g/mol. The molecule has 3 rings (SSSR count). The standard InChI is InChI=1S/C36H58O4/c37-34(38)29-28-33(30-22-16-10-4-1-5-11-17-23-30)36(35(39)40,31-24-18-12-6-2-7-13-19-25-31)32-26-20-14-8-3-9-15-21-27-32/h22,24,26,33H,1-21,23,25,27-29H2,(H,37,38)(H,39,40)/b30-22+,31-24+,32-26+. The monoisotopic (exact) mass is 554 g/mol. The van der Waals surface area contributed by atoms with Crippen LogP contribution < -0.4 is 0 Å². The maximum absolute atomic E-state index is 14.1. The molecule has 0 amide bonds. The molecule has 0 aliphatic heterocycles. The second kappa shape index (κ2) is 18.6. The molecule has 3 aliphatic carbocycles. The largest absolute Gasteiger partial charge is 0.481 e. The predicted octanol–water partition coefficient (Wildman–Crippen LogP) is 10.7. The van der Waals surface area contributed by atoms with Crippen LogP contribution in [0, 0.1) is 11.3 Å². The topological polar surface area (TPSA) is 74.6 Å². The molecule has 226 valence electrons. The summed E-state index contributed by atoms with van der Waals surface area (Å²) in [5, 5.41) is 21.4. The van der Waals surface area contributed by atoms with Crippen LogP contribution >= 0.6 is 0 Å². The summed E-state index contributed by atoms with van der Waals surface area (Å²) in [6, 6.07) is 0. The van der Waals surface area contributed by atoms with E-state index in [-0.39, 0.29) is 12.3 Å². The average molecular weight is 555 g/mol. The number of hydrogen-bond acceptors (Lipinski definition) is 2. The predicted molar refractivity (Wildman–Crippen MR) is 165 cm³/mol. The summed E-state index contributed by atoms with van der Waals surface area (Å²) in [5.74, 6) is -1.83. The van der Waals surface area contributed by atoms with E-state index < -0.39 is 17.4 Å². The van der Waals surface area contributed by atoms with E-state index in [1.807, 2.05) is 0 Å². The second-order valence-corrected chi connectivity index (χ2v) is 12.8. The van der Waals surface area contributed by atoms with Gasteiger partial charge >= 0.3 is 11.9 Å². The Hall–Kier alpha value is -1.84. The van der Waals surface area contributed by atoms with E-state index in [2.05, 4.69) is 18.2 Å². The van der Waals surface area contributed by atoms with Gasteiger partial charge in [-0.1, -0.05) is 112 Å². The van der Waals surface area contributed by atoms with Gasteiger partial charge in [-0.25, -0.2) is 0 Å². The molecule has 0 bridgehead atoms. The van der Waals surface area contributed by atoms with Gasteiger partial charge in [-0.2, -0.15) is 0 Å². The molecule has 0 spiro atoms. The van der Waals surface area contributed by atoms with E-state index >= 15 is 0 Å². The maximum Gasteiger partial charge on any atom is 0.318 e. The zero-order valence-electron chi connectivity index (χ0n) is 25.4. The van der Waals surface area contributed by atoms with Crippen molar-refractivity contribution in [1.82, 2.24) is 0 Å². The van der Waals surface area contributed by atoms with Crippen LogP contribution in [0.5, 0.6) is 0 Å². The summed E-state index contributed by atoms with van der Waals surface area (Å²) in [6.45, 7) is 0. The lowest BCUT2D eigenvalue weighted by atomic mass is 9.58. The molecule has 1 unspecified atom stereocenters. The van der Waals surface area contributed by atoms with Gasteiger partial charge in [0.2, 0.25) is 0 Å². The van der Waals surface area contributed by atoms with Crippen LogP contribution in [0.4, 0.5) is 0 Å². The van der Waals surface area contributed by atoms with Gasteiger partial charge in [0.1, 0.15) is 5.41 Å². The van der Waals surface area contributed by atoms with Gasteiger partial charge in [0.05, 0.1) is 0 Å². The Morgan fingerprint density at radius 2 is 0.975 bits per heavy atom. The molecule has 0 aromatic carbocycles. The van der Waals surface area contributed by atoms with Crippen molar-refractivity contribution in [2.24, 2.45) is 11.3 Å². The molecule has 0 saturated heterocycles. The Bertz CT molecular complexity index is 830. The van der Waals surface area contributed by atoms with E-state index in [9.17, 15) is 19.8 Å². The molecule has 0 saturated carbocycles. The molecule has 4 heteroatoms. The minimum atomic E-state index is -1.12. The quantitative estimate of drug-likeness (QED) is 0.293. The first-order valence-corrected chi connectivity index (χ1v) is 17.1. The zero-order chi connectivity index (χ0) is 28.5. The molecule has 3 aliphatic rings. The first-order chi connectivity index (χ1) is 19.6. The number of hydrogen-bond donors (Lipinski definition) is 2. The minimum absolute atomic E-state index is 0.0254. The van der Waals surface area contributed by atoms with Gasteiger partial charge in [-0.15, -0.1) is 0 Å². The van der Waals surface area contributed by atoms with E-state index in [1.54, 1.807) is 0 Å². The molecule has 0 aromatic rings. The van der Waals surface area contributed by atoms with E-state index in [1.165, 1.54) is 69.8 Å². The third-order valence-corrected chi connectivity index (χ3v) is 9.88. The second-order valence-electron chi connectivity index (χ2n) is 12.8. The summed E-state index contributed by atoms with van der Waals surface area (Å²) in [5.41, 5.74) is 2.31. The maximum atomic E-state index is 14.1. The summed E-state index contributed by atoms with van der Waals surface area (Å²) >= 11 is 0. The number of allylic oxidation sites excluding steroid dienone is 4. The number of carboxylic acid groups (broad SMARTS) is 2. The number of carboxylic acids is 2. The fourth-order valence-corrected chi connectivity index (χ4v) is 7.72. The molecule has 4 nitrogen and oxygen atoms in total. The summed E-state index contributed by atoms with van der Waals surface area (Å²) < 4.78 is 0. The van der Waals surface area contributed by atoms with Crippen LogP contribution in [0.15, 0.2) is 34.9 Å². The first-order valence-electron chi connectivity index (χ1n) is 17.1. The van der Waals surface area contributed by atoms with Crippen LogP contribution in [0.2, 0.25) is 0 Å². The van der Waals surface area contributed by atoms with E-state index in [0.717, 1.165) is 101 Å². The minimum Gasteiger partial charge on any atom is -0.481 e. The van der Waals surface area contributed by atoms with Gasteiger partial charge in [-0.05, 0) is 83.5 Å². The van der Waals surface area contributed by atoms with Gasteiger partial charge in [0.15, 0.2) is 0 Å². The molecule has 1 atom stereocenters. The van der Waals surface area contributed by atoms with Crippen molar-refractivity contribution in [2.45, 2.75) is 167 Å². The Labute approximate surface area is 244 Å². The van der Waals surface area contributed by atoms with Gasteiger partial charge in [-0.3, -0.25) is 9.59 Å². The average Bonchev–Trinajstić information content (AvgIpc) is 2.95. The third-order valence-electron chi connectivity index (χ3n) is 9.88. The lowest BCUT2D eigenvalue weighted by Gasteiger charge is -2.44. The van der Waals surface area contributed by atoms with Crippen molar-refractivity contribution in [3.63, 3.8) is 0 Å². The van der Waals surface area contributed by atoms with Gasteiger partial charge < -0.3 is 10.2 Å². The summed E-state index contributed by atoms with van der Waals surface area (Å²) in [7, 11) is 0. The molecule has 0 radical (unpaired) electrons. The molecule has 0 fully saturated rings. The van der Waals surface area contributed by atoms with Crippen LogP contribution in [0.25, 0.3) is 0 Å². The van der Waals surface area contributed by atoms with Crippen molar-refractivity contribution in [2.75, 3.05) is 0 Å². The Kier molecular flexibility index (Phi) is 15.2. The molecule has 2 N–H and O–H groups in total. The smallest absolute Gasteiger partial charge is 0.318 e. The van der Waals surface area contributed by atoms with Crippen LogP contribution in [0.1, 0.15) is 167 Å². The highest BCUT2D eigenvalue weighted by atomic mass is 16.4. The van der Waals surface area contributed by atoms with Crippen LogP contribution in [-0.4, -0.2) is 22.2 Å². The van der Waals surface area contributed by atoms with Crippen molar-refractivity contribution in [3.8, 4) is 0 Å². The fourth-order valence-electron chi connectivity index (χ4n) is 7.72. The zero-order valence-corrected chi connectivity index (χ0v) is 25.4. The SMILES string of the molecule is O=C(O)CCC(/C1=C/CCCCCCCC1)C(C(=O)O)(/C1=C/CCCCCCCC1)/C1=C/CCCCCCCC1. The number of aliphatic carboxylic acids is 2. The van der Waals surface area contributed by atoms with Gasteiger partial charge in [0.25, 0.3) is 0 Å². The Balaban J connectivity index is 2.21.